The van der Waals surface area contributed by atoms with Crippen molar-refractivity contribution in [3.8, 4) is 11.8 Å². The second-order valence-corrected chi connectivity index (χ2v) is 7.92. The minimum absolute atomic E-state index is 0.142. The summed E-state index contributed by atoms with van der Waals surface area (Å²) in [6.45, 7) is 0.249. The Balaban J connectivity index is 1.75. The Morgan fingerprint density at radius 2 is 1.61 bits per heavy atom. The van der Waals surface area contributed by atoms with E-state index in [0.717, 1.165) is 5.56 Å². The maximum Gasteiger partial charge on any atom is 0.266 e. The highest BCUT2D eigenvalue weighted by atomic mass is 35.5. The molecule has 3 aromatic carbocycles. The number of nitrogens with one attached hydrogen (secondary N) is 1. The van der Waals surface area contributed by atoms with Crippen molar-refractivity contribution < 1.29 is 9.53 Å². The molecule has 0 atom stereocenters. The van der Waals surface area contributed by atoms with Crippen LogP contribution in [0, 0.1) is 11.3 Å². The number of anilines is 1. The molecule has 0 aliphatic carbocycles. The first-order valence-electron chi connectivity index (χ1n) is 8.92. The van der Waals surface area contributed by atoms with E-state index in [9.17, 15) is 10.1 Å². The van der Waals surface area contributed by atoms with Crippen molar-refractivity contribution in [1.29, 1.82) is 5.26 Å². The number of halogens is 4. The van der Waals surface area contributed by atoms with Crippen LogP contribution in [0.2, 0.25) is 20.1 Å². The van der Waals surface area contributed by atoms with Crippen molar-refractivity contribution in [2.24, 2.45) is 0 Å². The van der Waals surface area contributed by atoms with Gasteiger partial charge in [0.05, 0.1) is 20.8 Å². The van der Waals surface area contributed by atoms with Gasteiger partial charge in [0.1, 0.15) is 24.0 Å². The van der Waals surface area contributed by atoms with Gasteiger partial charge in [-0.2, -0.15) is 5.26 Å². The quantitative estimate of drug-likeness (QED) is 0.288. The van der Waals surface area contributed by atoms with Crippen LogP contribution in [0.4, 0.5) is 5.69 Å². The topological polar surface area (TPSA) is 62.1 Å². The Bertz CT molecular complexity index is 1180. The third-order valence-electron chi connectivity index (χ3n) is 4.17. The normalized spacial score (nSPS) is 11.0. The van der Waals surface area contributed by atoms with Crippen LogP contribution in [-0.4, -0.2) is 5.91 Å². The highest BCUT2D eigenvalue weighted by Crippen LogP contribution is 2.31. The van der Waals surface area contributed by atoms with Crippen LogP contribution in [0.25, 0.3) is 6.08 Å². The maximum absolute atomic E-state index is 12.5. The third kappa shape index (κ3) is 5.94. The molecule has 0 aliphatic heterocycles. The van der Waals surface area contributed by atoms with Crippen LogP contribution < -0.4 is 10.1 Å². The molecule has 0 bridgehead atoms. The Hall–Kier alpha value is -2.68. The summed E-state index contributed by atoms with van der Waals surface area (Å²) in [5.41, 5.74) is 1.47. The molecule has 3 rings (SSSR count). The maximum atomic E-state index is 12.5. The van der Waals surface area contributed by atoms with Gasteiger partial charge in [-0.3, -0.25) is 4.79 Å². The number of nitrogens with zero attached hydrogens (tertiary/aromatic N) is 1. The SMILES string of the molecule is N#C/C(=C\c1ccc(OCc2ccccc2Cl)c(Cl)c1)C(=O)Nc1c(Cl)cccc1Cl. The second-order valence-electron chi connectivity index (χ2n) is 6.29. The van der Waals surface area contributed by atoms with Crippen molar-refractivity contribution in [3.05, 3.63) is 97.5 Å². The van der Waals surface area contributed by atoms with Gasteiger partial charge < -0.3 is 10.1 Å². The summed E-state index contributed by atoms with van der Waals surface area (Å²) in [5, 5.41) is 13.4. The molecule has 0 aliphatic rings. The second kappa shape index (κ2) is 10.6. The largest absolute Gasteiger partial charge is 0.487 e. The Labute approximate surface area is 199 Å². The molecule has 0 radical (unpaired) electrons. The van der Waals surface area contributed by atoms with Gasteiger partial charge in [0, 0.05) is 10.6 Å². The molecule has 0 saturated heterocycles. The number of carbonyl (C=O) groups excluding carboxylic acids is 1. The molecular weight excluding hydrogens is 478 g/mol. The van der Waals surface area contributed by atoms with Crippen molar-refractivity contribution in [2.45, 2.75) is 6.61 Å². The molecule has 0 saturated carbocycles. The molecule has 1 N–H and O–H groups in total. The van der Waals surface area contributed by atoms with E-state index in [4.69, 9.17) is 51.1 Å². The number of hydrogen-bond donors (Lipinski definition) is 1. The highest BCUT2D eigenvalue weighted by molar-refractivity contribution is 6.40. The average molecular weight is 492 g/mol. The molecule has 8 heteroatoms. The Kier molecular flexibility index (Phi) is 7.84. The summed E-state index contributed by atoms with van der Waals surface area (Å²) in [5.74, 6) is -0.197. The Morgan fingerprint density at radius 1 is 0.935 bits per heavy atom. The first-order chi connectivity index (χ1) is 14.9. The molecule has 3 aromatic rings. The lowest BCUT2D eigenvalue weighted by Gasteiger charge is -2.10. The van der Waals surface area contributed by atoms with Crippen LogP contribution in [0.5, 0.6) is 5.75 Å². The number of amides is 1. The Morgan fingerprint density at radius 3 is 2.26 bits per heavy atom. The van der Waals surface area contributed by atoms with Crippen LogP contribution in [-0.2, 0) is 11.4 Å². The molecule has 156 valence electrons. The number of nitriles is 1. The lowest BCUT2D eigenvalue weighted by molar-refractivity contribution is -0.112. The van der Waals surface area contributed by atoms with E-state index in [1.54, 1.807) is 42.5 Å². The lowest BCUT2D eigenvalue weighted by Crippen LogP contribution is -2.14. The van der Waals surface area contributed by atoms with Crippen LogP contribution >= 0.6 is 46.4 Å². The van der Waals surface area contributed by atoms with E-state index < -0.39 is 5.91 Å². The van der Waals surface area contributed by atoms with E-state index in [1.807, 2.05) is 24.3 Å². The molecule has 0 unspecified atom stereocenters. The van der Waals surface area contributed by atoms with Gasteiger partial charge in [-0.25, -0.2) is 0 Å². The van der Waals surface area contributed by atoms with Crippen molar-refractivity contribution in [1.82, 2.24) is 0 Å². The predicted molar refractivity (Wildman–Crippen MR) is 126 cm³/mol. The number of para-hydroxylation sites is 1. The molecule has 0 aromatic heterocycles. The minimum atomic E-state index is -0.646. The van der Waals surface area contributed by atoms with E-state index in [1.165, 1.54) is 6.08 Å². The zero-order valence-electron chi connectivity index (χ0n) is 15.8. The van der Waals surface area contributed by atoms with Gasteiger partial charge in [0.15, 0.2) is 0 Å². The fourth-order valence-electron chi connectivity index (χ4n) is 2.61. The van der Waals surface area contributed by atoms with Gasteiger partial charge in [-0.1, -0.05) is 76.7 Å². The highest BCUT2D eigenvalue weighted by Gasteiger charge is 2.14. The van der Waals surface area contributed by atoms with Crippen LogP contribution in [0.1, 0.15) is 11.1 Å². The lowest BCUT2D eigenvalue weighted by atomic mass is 10.1. The van der Waals surface area contributed by atoms with Gasteiger partial charge in [-0.05, 0) is 42.0 Å². The monoisotopic (exact) mass is 490 g/mol. The summed E-state index contributed by atoms with van der Waals surface area (Å²) in [7, 11) is 0. The zero-order chi connectivity index (χ0) is 22.4. The number of benzene rings is 3. The summed E-state index contributed by atoms with van der Waals surface area (Å²) >= 11 is 24.6. The smallest absolute Gasteiger partial charge is 0.266 e. The van der Waals surface area contributed by atoms with E-state index in [-0.39, 0.29) is 27.9 Å². The summed E-state index contributed by atoms with van der Waals surface area (Å²) < 4.78 is 5.73. The summed E-state index contributed by atoms with van der Waals surface area (Å²) in [4.78, 5) is 12.5. The van der Waals surface area contributed by atoms with Crippen molar-refractivity contribution >= 4 is 64.1 Å². The van der Waals surface area contributed by atoms with Gasteiger partial charge >= 0.3 is 0 Å². The van der Waals surface area contributed by atoms with E-state index >= 15 is 0 Å². The number of rotatable bonds is 6. The predicted octanol–water partition coefficient (Wildman–Crippen LogP) is 7.42. The van der Waals surface area contributed by atoms with Gasteiger partial charge in [0.2, 0.25) is 0 Å². The molecule has 0 fully saturated rings. The molecule has 31 heavy (non-hydrogen) atoms. The molecule has 0 spiro atoms. The minimum Gasteiger partial charge on any atom is -0.487 e. The zero-order valence-corrected chi connectivity index (χ0v) is 18.9. The van der Waals surface area contributed by atoms with Crippen molar-refractivity contribution in [2.75, 3.05) is 5.32 Å². The van der Waals surface area contributed by atoms with E-state index in [2.05, 4.69) is 5.32 Å². The summed E-state index contributed by atoms with van der Waals surface area (Å²) in [6, 6.07) is 19.0. The van der Waals surface area contributed by atoms with Crippen LogP contribution in [0.15, 0.2) is 66.2 Å². The third-order valence-corrected chi connectivity index (χ3v) is 5.47. The molecule has 4 nitrogen and oxygen atoms in total. The first-order valence-corrected chi connectivity index (χ1v) is 10.4. The average Bonchev–Trinajstić information content (AvgIpc) is 2.75. The molecular formula is C23H14Cl4N2O2. The summed E-state index contributed by atoms with van der Waals surface area (Å²) in [6.07, 6.45) is 1.41. The number of carbonyl (C=O) groups is 1. The van der Waals surface area contributed by atoms with E-state index in [0.29, 0.717) is 21.4 Å². The first kappa shape index (κ1) is 23.0. The fourth-order valence-corrected chi connectivity index (χ4v) is 3.53. The van der Waals surface area contributed by atoms with Gasteiger partial charge in [0.25, 0.3) is 5.91 Å². The molecule has 0 heterocycles. The van der Waals surface area contributed by atoms with Crippen LogP contribution in [0.3, 0.4) is 0 Å². The molecule has 1 amide bonds. The number of ether oxygens (including phenoxy) is 1. The standard InChI is InChI=1S/C23H14Cl4N2O2/c24-17-5-2-1-4-15(17)13-31-21-9-8-14(11-20(21)27)10-16(12-28)23(30)29-22-18(25)6-3-7-19(22)26/h1-11H,13H2,(H,29,30)/b16-10+. The van der Waals surface area contributed by atoms with Crippen molar-refractivity contribution in [3.63, 3.8) is 0 Å². The van der Waals surface area contributed by atoms with Gasteiger partial charge in [-0.15, -0.1) is 0 Å². The number of hydrogen-bond acceptors (Lipinski definition) is 3. The fraction of sp³-hybridized carbons (Fsp3) is 0.0435.